The minimum absolute atomic E-state index is 0.0650. The average molecular weight is 335 g/mol. The van der Waals surface area contributed by atoms with E-state index in [0.717, 1.165) is 33.9 Å². The van der Waals surface area contributed by atoms with Crippen LogP contribution in [0.15, 0.2) is 46.9 Å². The fraction of sp³-hybridized carbons (Fsp3) is 0.300. The number of hydrogen-bond acceptors (Lipinski definition) is 4. The fourth-order valence-electron chi connectivity index (χ4n) is 2.93. The van der Waals surface area contributed by atoms with Gasteiger partial charge < -0.3 is 15.1 Å². The highest BCUT2D eigenvalue weighted by Gasteiger charge is 2.28. The van der Waals surface area contributed by atoms with Crippen molar-refractivity contribution in [3.63, 3.8) is 0 Å². The molecule has 1 atom stereocenters. The number of carbonyl (C=O) groups is 1. The van der Waals surface area contributed by atoms with Gasteiger partial charge in [0.05, 0.1) is 0 Å². The monoisotopic (exact) mass is 335 g/mol. The third-order valence-electron chi connectivity index (χ3n) is 4.45. The number of nitrogens with zero attached hydrogens (tertiary/aromatic N) is 1. The molecule has 1 unspecified atom stereocenters. The molecule has 5 heteroatoms. The van der Waals surface area contributed by atoms with Gasteiger partial charge in [0.1, 0.15) is 5.52 Å². The van der Waals surface area contributed by atoms with Crippen LogP contribution in [0.5, 0.6) is 0 Å². The number of hydrogen-bond donors (Lipinski definition) is 2. The lowest BCUT2D eigenvalue weighted by Gasteiger charge is -2.16. The number of carbonyl (C=O) groups excluding carboxylic acids is 1. The molecular weight excluding hydrogens is 314 g/mol. The molecule has 1 aliphatic carbocycles. The molecule has 1 aliphatic rings. The topological polar surface area (TPSA) is 67.2 Å². The summed E-state index contributed by atoms with van der Waals surface area (Å²) in [5.41, 5.74) is 4.70. The molecule has 0 radical (unpaired) electrons. The zero-order valence-electron chi connectivity index (χ0n) is 14.4. The number of oxazole rings is 1. The maximum atomic E-state index is 11.1. The van der Waals surface area contributed by atoms with Crippen molar-refractivity contribution in [2.24, 2.45) is 0 Å². The SMILES string of the molecule is CC(=O)Nc1ccc(C(C)Nc2ccc3nc(C4CC4)oc3c2)cc1. The molecule has 0 bridgehead atoms. The van der Waals surface area contributed by atoms with E-state index in [2.05, 4.69) is 22.5 Å². The summed E-state index contributed by atoms with van der Waals surface area (Å²) in [6.45, 7) is 3.61. The second-order valence-corrected chi connectivity index (χ2v) is 6.68. The highest BCUT2D eigenvalue weighted by atomic mass is 16.3. The Morgan fingerprint density at radius 3 is 2.56 bits per heavy atom. The van der Waals surface area contributed by atoms with Crippen molar-refractivity contribution in [2.45, 2.75) is 38.6 Å². The van der Waals surface area contributed by atoms with Gasteiger partial charge in [-0.2, -0.15) is 0 Å². The summed E-state index contributed by atoms with van der Waals surface area (Å²) in [5, 5.41) is 6.27. The molecule has 0 aliphatic heterocycles. The Kier molecular flexibility index (Phi) is 3.92. The lowest BCUT2D eigenvalue weighted by molar-refractivity contribution is -0.114. The first-order valence-electron chi connectivity index (χ1n) is 8.63. The molecule has 2 N–H and O–H groups in total. The number of nitrogens with one attached hydrogen (secondary N) is 2. The van der Waals surface area contributed by atoms with Gasteiger partial charge in [0, 0.05) is 36.3 Å². The Morgan fingerprint density at radius 2 is 1.88 bits per heavy atom. The van der Waals surface area contributed by atoms with Crippen LogP contribution < -0.4 is 10.6 Å². The van der Waals surface area contributed by atoms with E-state index in [0.29, 0.717) is 5.92 Å². The van der Waals surface area contributed by atoms with Crippen molar-refractivity contribution in [1.82, 2.24) is 4.98 Å². The Bertz CT molecular complexity index is 910. The van der Waals surface area contributed by atoms with E-state index < -0.39 is 0 Å². The molecule has 5 nitrogen and oxygen atoms in total. The zero-order chi connectivity index (χ0) is 17.4. The maximum absolute atomic E-state index is 11.1. The number of rotatable bonds is 5. The third-order valence-corrected chi connectivity index (χ3v) is 4.45. The first kappa shape index (κ1) is 15.7. The molecule has 1 aromatic heterocycles. The molecule has 1 amide bonds. The van der Waals surface area contributed by atoms with Gasteiger partial charge in [-0.15, -0.1) is 0 Å². The largest absolute Gasteiger partial charge is 0.440 e. The Hall–Kier alpha value is -2.82. The summed E-state index contributed by atoms with van der Waals surface area (Å²) in [7, 11) is 0. The quantitative estimate of drug-likeness (QED) is 0.700. The Labute approximate surface area is 146 Å². The molecule has 1 saturated carbocycles. The van der Waals surface area contributed by atoms with Crippen molar-refractivity contribution >= 4 is 28.4 Å². The molecule has 0 spiro atoms. The van der Waals surface area contributed by atoms with Gasteiger partial charge in [-0.05, 0) is 49.6 Å². The van der Waals surface area contributed by atoms with Gasteiger partial charge >= 0.3 is 0 Å². The minimum atomic E-state index is -0.0650. The summed E-state index contributed by atoms with van der Waals surface area (Å²) < 4.78 is 5.88. The normalized spacial score (nSPS) is 15.1. The van der Waals surface area contributed by atoms with E-state index in [1.54, 1.807) is 0 Å². The molecule has 4 rings (SSSR count). The zero-order valence-corrected chi connectivity index (χ0v) is 14.4. The predicted octanol–water partition coefficient (Wildman–Crippen LogP) is 4.84. The average Bonchev–Trinajstić information content (AvgIpc) is 3.34. The molecule has 2 aromatic carbocycles. The first-order chi connectivity index (χ1) is 12.1. The molecular formula is C20H21N3O2. The molecule has 1 fully saturated rings. The molecule has 1 heterocycles. The predicted molar refractivity (Wildman–Crippen MR) is 98.8 cm³/mol. The summed E-state index contributed by atoms with van der Waals surface area (Å²) >= 11 is 0. The number of aromatic nitrogens is 1. The van der Waals surface area contributed by atoms with E-state index in [9.17, 15) is 4.79 Å². The maximum Gasteiger partial charge on any atom is 0.221 e. The second-order valence-electron chi connectivity index (χ2n) is 6.68. The van der Waals surface area contributed by atoms with Gasteiger partial charge in [0.15, 0.2) is 11.5 Å². The van der Waals surface area contributed by atoms with Crippen molar-refractivity contribution in [3.8, 4) is 0 Å². The van der Waals surface area contributed by atoms with E-state index in [4.69, 9.17) is 4.42 Å². The molecule has 0 saturated heterocycles. The smallest absolute Gasteiger partial charge is 0.221 e. The summed E-state index contributed by atoms with van der Waals surface area (Å²) in [5.74, 6) is 1.32. The van der Waals surface area contributed by atoms with Crippen LogP contribution in [0.4, 0.5) is 11.4 Å². The van der Waals surface area contributed by atoms with Gasteiger partial charge in [0.25, 0.3) is 0 Å². The van der Waals surface area contributed by atoms with E-state index >= 15 is 0 Å². The fourth-order valence-corrected chi connectivity index (χ4v) is 2.93. The van der Waals surface area contributed by atoms with E-state index in [1.807, 2.05) is 42.5 Å². The second kappa shape index (κ2) is 6.24. The van der Waals surface area contributed by atoms with Crippen molar-refractivity contribution < 1.29 is 9.21 Å². The summed E-state index contributed by atoms with van der Waals surface area (Å²) in [6.07, 6.45) is 2.37. The minimum Gasteiger partial charge on any atom is -0.440 e. The Balaban J connectivity index is 1.48. The van der Waals surface area contributed by atoms with E-state index in [-0.39, 0.29) is 11.9 Å². The van der Waals surface area contributed by atoms with Gasteiger partial charge in [-0.1, -0.05) is 12.1 Å². The van der Waals surface area contributed by atoms with Gasteiger partial charge in [-0.25, -0.2) is 4.98 Å². The summed E-state index contributed by atoms with van der Waals surface area (Å²) in [4.78, 5) is 15.6. The number of amides is 1. The van der Waals surface area contributed by atoms with Crippen molar-refractivity contribution in [2.75, 3.05) is 10.6 Å². The molecule has 3 aromatic rings. The van der Waals surface area contributed by atoms with E-state index in [1.165, 1.54) is 19.8 Å². The first-order valence-corrected chi connectivity index (χ1v) is 8.63. The van der Waals surface area contributed by atoms with Crippen LogP contribution in [0.2, 0.25) is 0 Å². The van der Waals surface area contributed by atoms with Crippen LogP contribution in [0.3, 0.4) is 0 Å². The van der Waals surface area contributed by atoms with Crippen LogP contribution in [0.25, 0.3) is 11.1 Å². The molecule has 128 valence electrons. The van der Waals surface area contributed by atoms with Crippen LogP contribution in [0, 0.1) is 0 Å². The number of benzene rings is 2. The highest BCUT2D eigenvalue weighted by Crippen LogP contribution is 2.40. The van der Waals surface area contributed by atoms with Crippen LogP contribution in [0.1, 0.15) is 50.1 Å². The van der Waals surface area contributed by atoms with Gasteiger partial charge in [0.2, 0.25) is 5.91 Å². The lowest BCUT2D eigenvalue weighted by Crippen LogP contribution is -2.08. The standard InChI is InChI=1S/C20H21N3O2/c1-12(14-5-7-16(8-6-14)22-13(2)24)21-17-9-10-18-19(11-17)25-20(23-18)15-3-4-15/h5-12,15,21H,3-4H2,1-2H3,(H,22,24). The number of fused-ring (bicyclic) bond motifs is 1. The third kappa shape index (κ3) is 3.50. The molecule has 25 heavy (non-hydrogen) atoms. The van der Waals surface area contributed by atoms with Crippen molar-refractivity contribution in [1.29, 1.82) is 0 Å². The van der Waals surface area contributed by atoms with Crippen molar-refractivity contribution in [3.05, 3.63) is 53.9 Å². The number of anilines is 2. The van der Waals surface area contributed by atoms with Gasteiger partial charge in [-0.3, -0.25) is 4.79 Å². The highest BCUT2D eigenvalue weighted by molar-refractivity contribution is 5.88. The lowest BCUT2D eigenvalue weighted by atomic mass is 10.1. The van der Waals surface area contributed by atoms with Crippen LogP contribution in [-0.4, -0.2) is 10.9 Å². The van der Waals surface area contributed by atoms with Crippen LogP contribution >= 0.6 is 0 Å². The summed E-state index contributed by atoms with van der Waals surface area (Å²) in [6, 6.07) is 14.0. The van der Waals surface area contributed by atoms with Crippen LogP contribution in [-0.2, 0) is 4.79 Å². The Morgan fingerprint density at radius 1 is 1.16 bits per heavy atom.